The van der Waals surface area contributed by atoms with E-state index in [-0.39, 0.29) is 24.5 Å². The predicted molar refractivity (Wildman–Crippen MR) is 89.0 cm³/mol. The van der Waals surface area contributed by atoms with Gasteiger partial charge in [-0.05, 0) is 30.2 Å². The highest BCUT2D eigenvalue weighted by atomic mass is 32.1. The molecule has 0 amide bonds. The normalized spacial score (nSPS) is 10.8. The average Bonchev–Trinajstić information content (AvgIpc) is 3.03. The van der Waals surface area contributed by atoms with Crippen molar-refractivity contribution in [2.75, 3.05) is 6.61 Å². The minimum absolute atomic E-state index is 0.0360. The number of hydrogen-bond acceptors (Lipinski definition) is 4. The lowest BCUT2D eigenvalue weighted by Gasteiger charge is -2.09. The maximum absolute atomic E-state index is 13.8. The third-order valence-corrected chi connectivity index (χ3v) is 4.30. The molecule has 0 unspecified atom stereocenters. The van der Waals surface area contributed by atoms with Crippen molar-refractivity contribution in [2.24, 2.45) is 0 Å². The Kier molecular flexibility index (Phi) is 5.17. The van der Waals surface area contributed by atoms with Crippen LogP contribution in [0.1, 0.15) is 10.6 Å². The Morgan fingerprint density at radius 3 is 2.54 bits per heavy atom. The van der Waals surface area contributed by atoms with E-state index in [9.17, 15) is 8.78 Å². The highest BCUT2D eigenvalue weighted by Gasteiger charge is 2.14. The standard InChI is InChI=1S/C18H15F2NO2S/c19-13-5-3-6-14(20)18(13)15-11-24-17(21-15)10-23-16-7-2-1-4-12(16)8-9-22/h1-7,11,22H,8-10H2. The molecule has 3 aromatic rings. The molecule has 3 rings (SSSR count). The van der Waals surface area contributed by atoms with Crippen molar-refractivity contribution in [1.82, 2.24) is 4.98 Å². The number of para-hydroxylation sites is 1. The van der Waals surface area contributed by atoms with Gasteiger partial charge in [0.1, 0.15) is 29.0 Å². The van der Waals surface area contributed by atoms with Gasteiger partial charge in [-0.25, -0.2) is 13.8 Å². The second-order valence-electron chi connectivity index (χ2n) is 5.09. The van der Waals surface area contributed by atoms with Crippen LogP contribution in [0, 0.1) is 11.6 Å². The molecule has 24 heavy (non-hydrogen) atoms. The van der Waals surface area contributed by atoms with Gasteiger partial charge in [-0.3, -0.25) is 0 Å². The molecule has 0 fully saturated rings. The summed E-state index contributed by atoms with van der Waals surface area (Å²) in [5.74, 6) is -0.609. The fourth-order valence-electron chi connectivity index (χ4n) is 2.35. The third kappa shape index (κ3) is 3.60. The molecule has 0 atom stereocenters. The number of aromatic nitrogens is 1. The number of nitrogens with zero attached hydrogens (tertiary/aromatic N) is 1. The average molecular weight is 347 g/mol. The molecule has 0 saturated heterocycles. The van der Waals surface area contributed by atoms with Crippen LogP contribution in [-0.4, -0.2) is 16.7 Å². The first kappa shape index (κ1) is 16.5. The van der Waals surface area contributed by atoms with Gasteiger partial charge in [-0.2, -0.15) is 0 Å². The maximum Gasteiger partial charge on any atom is 0.140 e. The molecule has 3 nitrogen and oxygen atoms in total. The van der Waals surface area contributed by atoms with E-state index in [0.717, 1.165) is 5.56 Å². The van der Waals surface area contributed by atoms with E-state index < -0.39 is 11.6 Å². The Hall–Kier alpha value is -2.31. The molecule has 1 aromatic heterocycles. The van der Waals surface area contributed by atoms with Crippen LogP contribution in [0.15, 0.2) is 47.8 Å². The highest BCUT2D eigenvalue weighted by molar-refractivity contribution is 7.09. The summed E-state index contributed by atoms with van der Waals surface area (Å²) in [6.45, 7) is 0.234. The Morgan fingerprint density at radius 1 is 1.04 bits per heavy atom. The summed E-state index contributed by atoms with van der Waals surface area (Å²) in [4.78, 5) is 4.26. The van der Waals surface area contributed by atoms with E-state index in [2.05, 4.69) is 4.98 Å². The fourth-order valence-corrected chi connectivity index (χ4v) is 3.04. The molecule has 0 spiro atoms. The summed E-state index contributed by atoms with van der Waals surface area (Å²) >= 11 is 1.28. The van der Waals surface area contributed by atoms with E-state index in [4.69, 9.17) is 9.84 Å². The number of aliphatic hydroxyl groups excluding tert-OH is 1. The zero-order valence-corrected chi connectivity index (χ0v) is 13.5. The lowest BCUT2D eigenvalue weighted by atomic mass is 10.1. The minimum atomic E-state index is -0.638. The maximum atomic E-state index is 13.8. The topological polar surface area (TPSA) is 42.4 Å². The molecule has 0 aliphatic rings. The molecule has 0 saturated carbocycles. The van der Waals surface area contributed by atoms with Gasteiger partial charge in [-0.15, -0.1) is 11.3 Å². The molecule has 1 N–H and O–H groups in total. The van der Waals surface area contributed by atoms with Crippen molar-refractivity contribution in [3.63, 3.8) is 0 Å². The second-order valence-corrected chi connectivity index (χ2v) is 6.04. The zero-order chi connectivity index (χ0) is 16.9. The third-order valence-electron chi connectivity index (χ3n) is 3.48. The fraction of sp³-hybridized carbons (Fsp3) is 0.167. The number of hydrogen-bond donors (Lipinski definition) is 1. The highest BCUT2D eigenvalue weighted by Crippen LogP contribution is 2.28. The number of benzene rings is 2. The number of ether oxygens (including phenoxy) is 1. The molecule has 0 bridgehead atoms. The SMILES string of the molecule is OCCc1ccccc1OCc1nc(-c2c(F)cccc2F)cs1. The smallest absolute Gasteiger partial charge is 0.140 e. The molecule has 124 valence electrons. The molecule has 0 radical (unpaired) electrons. The number of halogens is 2. The van der Waals surface area contributed by atoms with Crippen molar-refractivity contribution in [3.8, 4) is 17.0 Å². The number of aliphatic hydroxyl groups is 1. The van der Waals surface area contributed by atoms with Gasteiger partial charge in [0.05, 0.1) is 11.3 Å². The second kappa shape index (κ2) is 7.51. The van der Waals surface area contributed by atoms with Crippen LogP contribution in [0.2, 0.25) is 0 Å². The van der Waals surface area contributed by atoms with E-state index >= 15 is 0 Å². The largest absolute Gasteiger partial charge is 0.486 e. The first-order chi connectivity index (χ1) is 11.7. The van der Waals surface area contributed by atoms with Gasteiger partial charge in [0.2, 0.25) is 0 Å². The molecular formula is C18H15F2NO2S. The molecule has 0 aliphatic carbocycles. The quantitative estimate of drug-likeness (QED) is 0.727. The predicted octanol–water partition coefficient (Wildman–Crippen LogP) is 4.20. The van der Waals surface area contributed by atoms with Crippen LogP contribution >= 0.6 is 11.3 Å². The number of thiazole rings is 1. The van der Waals surface area contributed by atoms with Gasteiger partial charge in [0.25, 0.3) is 0 Å². The molecular weight excluding hydrogens is 332 g/mol. The van der Waals surface area contributed by atoms with Gasteiger partial charge in [-0.1, -0.05) is 24.3 Å². The number of rotatable bonds is 6. The summed E-state index contributed by atoms with van der Waals surface area (Å²) < 4.78 is 33.3. The van der Waals surface area contributed by atoms with Gasteiger partial charge in [0, 0.05) is 12.0 Å². The van der Waals surface area contributed by atoms with E-state index in [1.54, 1.807) is 5.38 Å². The van der Waals surface area contributed by atoms with Gasteiger partial charge in [0.15, 0.2) is 0 Å². The van der Waals surface area contributed by atoms with Gasteiger partial charge < -0.3 is 9.84 Å². The van der Waals surface area contributed by atoms with Crippen LogP contribution in [0.3, 0.4) is 0 Å². The van der Waals surface area contributed by atoms with E-state index in [1.807, 2.05) is 24.3 Å². The summed E-state index contributed by atoms with van der Waals surface area (Å²) in [5.41, 5.74) is 1.04. The van der Waals surface area contributed by atoms with E-state index in [1.165, 1.54) is 29.5 Å². The summed E-state index contributed by atoms with van der Waals surface area (Å²) in [6, 6.07) is 11.2. The zero-order valence-electron chi connectivity index (χ0n) is 12.7. The van der Waals surface area contributed by atoms with Crippen molar-refractivity contribution in [3.05, 3.63) is 70.1 Å². The van der Waals surface area contributed by atoms with Crippen molar-refractivity contribution >= 4 is 11.3 Å². The van der Waals surface area contributed by atoms with Crippen LogP contribution in [0.25, 0.3) is 11.3 Å². The van der Waals surface area contributed by atoms with Gasteiger partial charge >= 0.3 is 0 Å². The van der Waals surface area contributed by atoms with Crippen LogP contribution < -0.4 is 4.74 Å². The Balaban J connectivity index is 1.76. The lowest BCUT2D eigenvalue weighted by molar-refractivity contribution is 0.284. The van der Waals surface area contributed by atoms with Crippen molar-refractivity contribution in [1.29, 1.82) is 0 Å². The van der Waals surface area contributed by atoms with Crippen LogP contribution in [-0.2, 0) is 13.0 Å². The molecule has 1 heterocycles. The summed E-state index contributed by atoms with van der Waals surface area (Å²) in [5, 5.41) is 11.3. The molecule has 0 aliphatic heterocycles. The van der Waals surface area contributed by atoms with Crippen LogP contribution in [0.4, 0.5) is 8.78 Å². The lowest BCUT2D eigenvalue weighted by Crippen LogP contribution is -2.00. The Morgan fingerprint density at radius 2 is 1.79 bits per heavy atom. The summed E-state index contributed by atoms with van der Waals surface area (Å²) in [6.07, 6.45) is 0.500. The van der Waals surface area contributed by atoms with E-state index in [0.29, 0.717) is 17.2 Å². The first-order valence-corrected chi connectivity index (χ1v) is 8.27. The van der Waals surface area contributed by atoms with Crippen LogP contribution in [0.5, 0.6) is 5.75 Å². The molecule has 2 aromatic carbocycles. The van der Waals surface area contributed by atoms with Crippen molar-refractivity contribution in [2.45, 2.75) is 13.0 Å². The minimum Gasteiger partial charge on any atom is -0.486 e. The Labute approximate surface area is 142 Å². The van der Waals surface area contributed by atoms with Crippen molar-refractivity contribution < 1.29 is 18.6 Å². The monoisotopic (exact) mass is 347 g/mol. The first-order valence-electron chi connectivity index (χ1n) is 7.39. The molecule has 6 heteroatoms. The Bertz CT molecular complexity index is 815. The summed E-state index contributed by atoms with van der Waals surface area (Å²) in [7, 11) is 0.